The normalized spacial score (nSPS) is 12.3. The van der Waals surface area contributed by atoms with Crippen molar-refractivity contribution in [2.24, 2.45) is 5.10 Å². The van der Waals surface area contributed by atoms with Gasteiger partial charge in [-0.3, -0.25) is 0 Å². The number of hydrogen-bond donors (Lipinski definition) is 0. The Morgan fingerprint density at radius 3 is 2.63 bits per heavy atom. The molecule has 2 aromatic rings. The summed E-state index contributed by atoms with van der Waals surface area (Å²) in [4.78, 5) is 0. The van der Waals surface area contributed by atoms with Gasteiger partial charge in [0.05, 0.1) is 19.9 Å². The lowest BCUT2D eigenvalue weighted by Crippen LogP contribution is -2.16. The Labute approximate surface area is 155 Å². The molecule has 2 rings (SSSR count). The van der Waals surface area contributed by atoms with Crippen LogP contribution in [-0.4, -0.2) is 47.2 Å². The minimum atomic E-state index is -4.44. The van der Waals surface area contributed by atoms with Gasteiger partial charge in [-0.25, -0.2) is 8.78 Å². The fraction of sp³-hybridized carbons (Fsp3) is 0.400. The van der Waals surface area contributed by atoms with Gasteiger partial charge in [0.25, 0.3) is 6.43 Å². The Bertz CT molecular complexity index is 795. The molecule has 0 saturated heterocycles. The molecular weight excluding hydrogens is 395 g/mol. The third-order valence-corrected chi connectivity index (χ3v) is 3.78. The first-order valence-corrected chi connectivity index (χ1v) is 8.61. The molecule has 0 aliphatic rings. The molecule has 0 radical (unpaired) electrons. The third-order valence-electron chi connectivity index (χ3n) is 3.16. The summed E-state index contributed by atoms with van der Waals surface area (Å²) in [6, 6.07) is 4.58. The summed E-state index contributed by atoms with van der Waals surface area (Å²) in [7, 11) is 1.37. The van der Waals surface area contributed by atoms with E-state index >= 15 is 0 Å². The quantitative estimate of drug-likeness (QED) is 0.375. The molecule has 27 heavy (non-hydrogen) atoms. The number of methoxy groups -OCH3 is 1. The Kier molecular flexibility index (Phi) is 7.13. The number of hydrogen-bond acceptors (Lipinski definition) is 6. The second kappa shape index (κ2) is 9.13. The molecule has 0 N–H and O–H groups in total. The second-order valence-corrected chi connectivity index (χ2v) is 5.85. The van der Waals surface area contributed by atoms with Gasteiger partial charge in [-0.1, -0.05) is 11.8 Å². The predicted molar refractivity (Wildman–Crippen MR) is 88.5 cm³/mol. The van der Waals surface area contributed by atoms with Crippen molar-refractivity contribution in [3.05, 3.63) is 35.2 Å². The molecule has 12 heteroatoms. The van der Waals surface area contributed by atoms with E-state index in [1.54, 1.807) is 12.3 Å². The number of thioether (sulfide) groups is 1. The lowest BCUT2D eigenvalue weighted by Gasteiger charge is -2.11. The first kappa shape index (κ1) is 21.1. The van der Waals surface area contributed by atoms with Gasteiger partial charge in [0, 0.05) is 5.56 Å². The second-order valence-electron chi connectivity index (χ2n) is 5.08. The molecule has 0 fully saturated rings. The van der Waals surface area contributed by atoms with Crippen molar-refractivity contribution in [1.29, 1.82) is 0 Å². The average molecular weight is 410 g/mol. The number of aromatic nitrogens is 3. The van der Waals surface area contributed by atoms with Gasteiger partial charge < -0.3 is 9.47 Å². The SMILES string of the molecule is COc1ccc(/C=N/n2c(SC)nnc2C(F)F)cc1COCC(F)(F)F. The zero-order valence-corrected chi connectivity index (χ0v) is 15.0. The zero-order chi connectivity index (χ0) is 20.0. The summed E-state index contributed by atoms with van der Waals surface area (Å²) >= 11 is 1.09. The van der Waals surface area contributed by atoms with E-state index in [-0.39, 0.29) is 11.8 Å². The van der Waals surface area contributed by atoms with Crippen LogP contribution < -0.4 is 4.74 Å². The van der Waals surface area contributed by atoms with Crippen LogP contribution in [0.3, 0.4) is 0 Å². The maximum absolute atomic E-state index is 13.0. The molecule has 0 atom stereocenters. The van der Waals surface area contributed by atoms with Crippen molar-refractivity contribution in [3.63, 3.8) is 0 Å². The van der Waals surface area contributed by atoms with E-state index in [2.05, 4.69) is 20.0 Å². The molecule has 0 unspecified atom stereocenters. The van der Waals surface area contributed by atoms with Crippen LogP contribution in [0.2, 0.25) is 0 Å². The highest BCUT2D eigenvalue weighted by atomic mass is 32.2. The van der Waals surface area contributed by atoms with Crippen molar-refractivity contribution in [3.8, 4) is 5.75 Å². The standard InChI is InChI=1S/C15H15F5N4O2S/c1-25-11-4-3-9(5-10(11)7-26-8-15(18,19)20)6-21-24-13(12(16)17)22-23-14(24)27-2/h3-6,12H,7-8H2,1-2H3/b21-6+. The minimum absolute atomic E-state index is 0.170. The van der Waals surface area contributed by atoms with Crippen LogP contribution >= 0.6 is 11.8 Å². The number of benzene rings is 1. The highest BCUT2D eigenvalue weighted by Gasteiger charge is 2.27. The van der Waals surface area contributed by atoms with Crippen molar-refractivity contribution in [2.45, 2.75) is 24.4 Å². The zero-order valence-electron chi connectivity index (χ0n) is 14.2. The summed E-state index contributed by atoms with van der Waals surface area (Å²) < 4.78 is 73.2. The molecule has 0 saturated carbocycles. The van der Waals surface area contributed by atoms with Gasteiger partial charge in [-0.05, 0) is 30.0 Å². The first-order valence-electron chi connectivity index (χ1n) is 7.38. The van der Waals surface area contributed by atoms with Crippen LogP contribution in [0.5, 0.6) is 5.75 Å². The third kappa shape index (κ3) is 5.89. The predicted octanol–water partition coefficient (Wildman–Crippen LogP) is 3.91. The lowest BCUT2D eigenvalue weighted by atomic mass is 10.1. The van der Waals surface area contributed by atoms with Crippen molar-refractivity contribution < 1.29 is 31.4 Å². The van der Waals surface area contributed by atoms with Gasteiger partial charge in [0.15, 0.2) is 0 Å². The van der Waals surface area contributed by atoms with Crippen LogP contribution in [0.1, 0.15) is 23.4 Å². The largest absolute Gasteiger partial charge is 0.496 e. The highest BCUT2D eigenvalue weighted by molar-refractivity contribution is 7.98. The molecule has 1 heterocycles. The summed E-state index contributed by atoms with van der Waals surface area (Å²) in [6.45, 7) is -1.74. The van der Waals surface area contributed by atoms with Gasteiger partial charge in [-0.2, -0.15) is 22.9 Å². The maximum Gasteiger partial charge on any atom is 0.411 e. The number of alkyl halides is 5. The molecule has 6 nitrogen and oxygen atoms in total. The van der Waals surface area contributed by atoms with Gasteiger partial charge in [0.2, 0.25) is 11.0 Å². The molecule has 0 spiro atoms. The summed E-state index contributed by atoms with van der Waals surface area (Å²) in [5, 5.41) is 11.1. The van der Waals surface area contributed by atoms with Crippen LogP contribution in [0.15, 0.2) is 28.5 Å². The summed E-state index contributed by atoms with van der Waals surface area (Å²) in [5.74, 6) is -0.283. The summed E-state index contributed by atoms with van der Waals surface area (Å²) in [5.41, 5.74) is 0.802. The van der Waals surface area contributed by atoms with Gasteiger partial charge in [-0.15, -0.1) is 10.2 Å². The molecule has 1 aromatic carbocycles. The van der Waals surface area contributed by atoms with E-state index in [0.29, 0.717) is 16.9 Å². The van der Waals surface area contributed by atoms with Crippen LogP contribution in [0.4, 0.5) is 22.0 Å². The van der Waals surface area contributed by atoms with Gasteiger partial charge >= 0.3 is 6.18 Å². The molecule has 0 aliphatic carbocycles. The summed E-state index contributed by atoms with van der Waals surface area (Å²) in [6.07, 6.45) is -4.41. The molecule has 0 bridgehead atoms. The van der Waals surface area contributed by atoms with Crippen molar-refractivity contribution in [2.75, 3.05) is 20.0 Å². The van der Waals surface area contributed by atoms with Crippen LogP contribution in [-0.2, 0) is 11.3 Å². The Morgan fingerprint density at radius 2 is 2.04 bits per heavy atom. The Balaban J connectivity index is 2.23. The minimum Gasteiger partial charge on any atom is -0.496 e. The number of rotatable bonds is 8. The van der Waals surface area contributed by atoms with E-state index in [4.69, 9.17) is 4.74 Å². The fourth-order valence-electron chi connectivity index (χ4n) is 2.04. The number of halogens is 5. The van der Waals surface area contributed by atoms with Crippen molar-refractivity contribution >= 4 is 18.0 Å². The van der Waals surface area contributed by atoms with E-state index in [1.165, 1.54) is 25.5 Å². The highest BCUT2D eigenvalue weighted by Crippen LogP contribution is 2.24. The number of nitrogens with zero attached hydrogens (tertiary/aromatic N) is 4. The fourth-order valence-corrected chi connectivity index (χ4v) is 2.48. The van der Waals surface area contributed by atoms with Crippen LogP contribution in [0, 0.1) is 0 Å². The van der Waals surface area contributed by atoms with E-state index < -0.39 is 25.0 Å². The molecule has 148 valence electrons. The molecular formula is C15H15F5N4O2S. The van der Waals surface area contributed by atoms with Crippen molar-refractivity contribution in [1.82, 2.24) is 14.9 Å². The topological polar surface area (TPSA) is 61.5 Å². The Hall–Kier alpha value is -2.21. The molecule has 1 aromatic heterocycles. The monoisotopic (exact) mass is 410 g/mol. The van der Waals surface area contributed by atoms with E-state index in [0.717, 1.165) is 16.4 Å². The van der Waals surface area contributed by atoms with E-state index in [1.807, 2.05) is 0 Å². The molecule has 0 amide bonds. The van der Waals surface area contributed by atoms with E-state index in [9.17, 15) is 22.0 Å². The smallest absolute Gasteiger partial charge is 0.411 e. The molecule has 0 aliphatic heterocycles. The lowest BCUT2D eigenvalue weighted by molar-refractivity contribution is -0.176. The van der Waals surface area contributed by atoms with Gasteiger partial charge in [0.1, 0.15) is 12.4 Å². The Morgan fingerprint density at radius 1 is 1.30 bits per heavy atom. The average Bonchev–Trinajstić information content (AvgIpc) is 3.02. The van der Waals surface area contributed by atoms with Crippen LogP contribution in [0.25, 0.3) is 0 Å². The maximum atomic E-state index is 13.0. The number of ether oxygens (including phenoxy) is 2. The first-order chi connectivity index (χ1) is 12.7.